The van der Waals surface area contributed by atoms with Crippen molar-refractivity contribution in [2.24, 2.45) is 5.41 Å². The number of aromatic nitrogens is 1. The molecule has 2 amide bonds. The first-order valence-corrected chi connectivity index (χ1v) is 12.1. The van der Waals surface area contributed by atoms with Crippen LogP contribution in [-0.4, -0.2) is 47.6 Å². The van der Waals surface area contributed by atoms with E-state index in [0.29, 0.717) is 41.8 Å². The third kappa shape index (κ3) is 6.14. The topological polar surface area (TPSA) is 94.3 Å². The summed E-state index contributed by atoms with van der Waals surface area (Å²) in [5, 5.41) is 5.85. The smallest absolute Gasteiger partial charge is 0.268 e. The average Bonchev–Trinajstić information content (AvgIpc) is 3.07. The van der Waals surface area contributed by atoms with E-state index in [1.165, 1.54) is 0 Å². The minimum Gasteiger partial charge on any atom is -0.354 e. The van der Waals surface area contributed by atoms with Crippen LogP contribution in [0.15, 0.2) is 24.3 Å². The Morgan fingerprint density at radius 1 is 1.15 bits per heavy atom. The van der Waals surface area contributed by atoms with Crippen molar-refractivity contribution >= 4 is 23.3 Å². The highest BCUT2D eigenvalue weighted by atomic mass is 16.2. The lowest BCUT2D eigenvalue weighted by Gasteiger charge is -2.28. The molecule has 1 aliphatic carbocycles. The predicted octanol–water partition coefficient (Wildman–Crippen LogP) is 4.47. The second-order valence-corrected chi connectivity index (χ2v) is 10.5. The van der Waals surface area contributed by atoms with E-state index in [4.69, 9.17) is 0 Å². The molecule has 0 radical (unpaired) electrons. The fourth-order valence-corrected chi connectivity index (χ4v) is 4.66. The third-order valence-electron chi connectivity index (χ3n) is 6.32. The first-order valence-electron chi connectivity index (χ1n) is 12.1. The number of anilines is 1. The molecule has 0 aliphatic heterocycles. The number of benzene rings is 1. The normalized spacial score (nSPS) is 15.7. The van der Waals surface area contributed by atoms with E-state index in [1.54, 1.807) is 6.92 Å². The molecular weight excluding hydrogens is 428 g/mol. The van der Waals surface area contributed by atoms with E-state index < -0.39 is 6.04 Å². The quantitative estimate of drug-likeness (QED) is 0.508. The lowest BCUT2D eigenvalue weighted by atomic mass is 9.75. The molecule has 1 atom stereocenters. The number of hydrogen-bond donors (Lipinski definition) is 3. The second kappa shape index (κ2) is 10.6. The average molecular weight is 467 g/mol. The molecule has 3 N–H and O–H groups in total. The molecule has 1 heterocycles. The van der Waals surface area contributed by atoms with Crippen LogP contribution in [0, 0.1) is 12.3 Å². The van der Waals surface area contributed by atoms with Gasteiger partial charge in [-0.25, -0.2) is 0 Å². The fraction of sp³-hybridized carbons (Fsp3) is 0.519. The molecule has 3 rings (SSSR count). The summed E-state index contributed by atoms with van der Waals surface area (Å²) in [6.07, 6.45) is 3.45. The number of hydrogen-bond acceptors (Lipinski definition) is 4. The minimum atomic E-state index is -0.666. The molecule has 1 aliphatic rings. The van der Waals surface area contributed by atoms with Gasteiger partial charge in [-0.15, -0.1) is 0 Å². The highest BCUT2D eigenvalue weighted by Crippen LogP contribution is 2.36. The van der Waals surface area contributed by atoms with Crippen molar-refractivity contribution in [2.75, 3.05) is 19.4 Å². The van der Waals surface area contributed by atoms with Crippen molar-refractivity contribution in [3.8, 4) is 0 Å². The summed E-state index contributed by atoms with van der Waals surface area (Å²) in [7, 11) is 4.02. The number of rotatable bonds is 9. The van der Waals surface area contributed by atoms with Crippen LogP contribution in [0.4, 0.5) is 5.69 Å². The number of ketones is 1. The molecule has 1 aromatic carbocycles. The predicted molar refractivity (Wildman–Crippen MR) is 135 cm³/mol. The van der Waals surface area contributed by atoms with Gasteiger partial charge in [0.2, 0.25) is 5.91 Å². The Hall–Kier alpha value is -2.93. The van der Waals surface area contributed by atoms with Gasteiger partial charge in [-0.1, -0.05) is 45.7 Å². The number of nitrogens with zero attached hydrogens (tertiary/aromatic N) is 1. The summed E-state index contributed by atoms with van der Waals surface area (Å²) in [5.74, 6) is -0.527. The third-order valence-corrected chi connectivity index (χ3v) is 6.32. The SMILES string of the molecule is CCCCC(NC(=O)c1[nH]c2c(c1C)C(=O)CC(C)(C)C2)C(=O)Nc1ccc(CN(C)C)cc1. The van der Waals surface area contributed by atoms with Crippen LogP contribution >= 0.6 is 0 Å². The van der Waals surface area contributed by atoms with Gasteiger partial charge in [0.25, 0.3) is 5.91 Å². The van der Waals surface area contributed by atoms with Gasteiger partial charge in [0.1, 0.15) is 11.7 Å². The largest absolute Gasteiger partial charge is 0.354 e. The van der Waals surface area contributed by atoms with E-state index in [1.807, 2.05) is 38.4 Å². The summed E-state index contributed by atoms with van der Waals surface area (Å²) in [4.78, 5) is 44.2. The molecule has 0 fully saturated rings. The Balaban J connectivity index is 1.74. The van der Waals surface area contributed by atoms with Crippen molar-refractivity contribution in [3.05, 3.63) is 52.3 Å². The fourth-order valence-electron chi connectivity index (χ4n) is 4.66. The van der Waals surface area contributed by atoms with Gasteiger partial charge < -0.3 is 20.5 Å². The van der Waals surface area contributed by atoms with E-state index >= 15 is 0 Å². The van der Waals surface area contributed by atoms with Gasteiger partial charge >= 0.3 is 0 Å². The minimum absolute atomic E-state index is 0.0667. The number of carbonyl (C=O) groups excluding carboxylic acids is 3. The van der Waals surface area contributed by atoms with Gasteiger partial charge in [-0.05, 0) is 62.5 Å². The maximum Gasteiger partial charge on any atom is 0.268 e. The van der Waals surface area contributed by atoms with Crippen molar-refractivity contribution in [2.45, 2.75) is 72.4 Å². The lowest BCUT2D eigenvalue weighted by molar-refractivity contribution is -0.118. The Morgan fingerprint density at radius 2 is 1.82 bits per heavy atom. The Bertz CT molecular complexity index is 1050. The van der Waals surface area contributed by atoms with Gasteiger partial charge in [-0.3, -0.25) is 14.4 Å². The number of aromatic amines is 1. The van der Waals surface area contributed by atoms with Gasteiger partial charge in [0.15, 0.2) is 5.78 Å². The van der Waals surface area contributed by atoms with E-state index in [0.717, 1.165) is 30.6 Å². The number of amides is 2. The highest BCUT2D eigenvalue weighted by Gasteiger charge is 2.35. The molecule has 34 heavy (non-hydrogen) atoms. The standard InChI is InChI=1S/C27H38N4O3/c1-7-8-9-20(25(33)28-19-12-10-18(11-13-19)16-31(5)6)30-26(34)24-17(2)23-21(29-24)14-27(3,4)15-22(23)32/h10-13,20,29H,7-9,14-16H2,1-6H3,(H,28,33)(H,30,34). The molecule has 0 bridgehead atoms. The maximum absolute atomic E-state index is 13.2. The van der Waals surface area contributed by atoms with Crippen LogP contribution in [0.3, 0.4) is 0 Å². The van der Waals surface area contributed by atoms with Crippen LogP contribution in [-0.2, 0) is 17.8 Å². The number of unbranched alkanes of at least 4 members (excludes halogenated alkanes) is 1. The number of nitrogens with one attached hydrogen (secondary N) is 3. The first-order chi connectivity index (χ1) is 16.0. The van der Waals surface area contributed by atoms with Gasteiger partial charge in [-0.2, -0.15) is 0 Å². The van der Waals surface area contributed by atoms with Crippen molar-refractivity contribution in [1.82, 2.24) is 15.2 Å². The van der Waals surface area contributed by atoms with Crippen molar-refractivity contribution in [1.29, 1.82) is 0 Å². The first kappa shape index (κ1) is 25.7. The van der Waals surface area contributed by atoms with Crippen molar-refractivity contribution in [3.63, 3.8) is 0 Å². The maximum atomic E-state index is 13.2. The Kier molecular flexibility index (Phi) is 7.97. The molecule has 7 nitrogen and oxygen atoms in total. The summed E-state index contributed by atoms with van der Waals surface area (Å²) >= 11 is 0. The van der Waals surface area contributed by atoms with Crippen molar-refractivity contribution < 1.29 is 14.4 Å². The molecule has 0 saturated carbocycles. The molecule has 184 valence electrons. The second-order valence-electron chi connectivity index (χ2n) is 10.5. The van der Waals surface area contributed by atoms with Gasteiger partial charge in [0, 0.05) is 29.9 Å². The summed E-state index contributed by atoms with van der Waals surface area (Å²) < 4.78 is 0. The Morgan fingerprint density at radius 3 is 2.44 bits per heavy atom. The molecule has 7 heteroatoms. The Labute approximate surface area is 202 Å². The van der Waals surface area contributed by atoms with Crippen LogP contribution in [0.1, 0.15) is 84.1 Å². The lowest BCUT2D eigenvalue weighted by Crippen LogP contribution is -2.44. The number of H-pyrrole nitrogens is 1. The molecule has 0 saturated heterocycles. The van der Waals surface area contributed by atoms with Crippen LogP contribution in [0.2, 0.25) is 0 Å². The van der Waals surface area contributed by atoms with E-state index in [9.17, 15) is 14.4 Å². The van der Waals surface area contributed by atoms with Crippen LogP contribution in [0.5, 0.6) is 0 Å². The monoisotopic (exact) mass is 466 g/mol. The number of fused-ring (bicyclic) bond motifs is 1. The van der Waals surface area contributed by atoms with E-state index in [2.05, 4.69) is 41.3 Å². The molecule has 2 aromatic rings. The zero-order valence-electron chi connectivity index (χ0n) is 21.3. The van der Waals surface area contributed by atoms with Gasteiger partial charge in [0.05, 0.1) is 0 Å². The number of carbonyl (C=O) groups is 3. The molecule has 1 aromatic heterocycles. The van der Waals surface area contributed by atoms with E-state index in [-0.39, 0.29) is 23.0 Å². The summed E-state index contributed by atoms with van der Waals surface area (Å²) in [6.45, 7) is 8.79. The number of Topliss-reactive ketones (excluding diaryl/α,β-unsaturated/α-hetero) is 1. The van der Waals surface area contributed by atoms with Crippen LogP contribution in [0.25, 0.3) is 0 Å². The van der Waals surface area contributed by atoms with Crippen LogP contribution < -0.4 is 10.6 Å². The zero-order valence-corrected chi connectivity index (χ0v) is 21.3. The summed E-state index contributed by atoms with van der Waals surface area (Å²) in [5.41, 5.74) is 4.21. The molecular formula is C27H38N4O3. The zero-order chi connectivity index (χ0) is 25.0. The molecule has 0 spiro atoms. The molecule has 1 unspecified atom stereocenters. The summed E-state index contributed by atoms with van der Waals surface area (Å²) in [6, 6.07) is 7.07. The highest BCUT2D eigenvalue weighted by molar-refractivity contribution is 6.06.